The van der Waals surface area contributed by atoms with Crippen LogP contribution in [0.3, 0.4) is 0 Å². The van der Waals surface area contributed by atoms with Crippen LogP contribution in [0.15, 0.2) is 0 Å². The molecular formula is C27H44O3. The summed E-state index contributed by atoms with van der Waals surface area (Å²) < 4.78 is 13.4. The molecule has 2 heterocycles. The van der Waals surface area contributed by atoms with Crippen molar-refractivity contribution in [2.75, 3.05) is 6.61 Å². The summed E-state index contributed by atoms with van der Waals surface area (Å²) in [6, 6.07) is 0. The third-order valence-electron chi connectivity index (χ3n) is 11.9. The van der Waals surface area contributed by atoms with Crippen molar-refractivity contribution in [2.45, 2.75) is 110 Å². The molecule has 4 saturated carbocycles. The average Bonchev–Trinajstić information content (AvgIpc) is 3.16. The molecule has 3 nitrogen and oxygen atoms in total. The van der Waals surface area contributed by atoms with Gasteiger partial charge in [-0.1, -0.05) is 27.7 Å². The Bertz CT molecular complexity index is 684. The van der Waals surface area contributed by atoms with Gasteiger partial charge in [-0.15, -0.1) is 0 Å². The van der Waals surface area contributed by atoms with Gasteiger partial charge in [0.1, 0.15) is 0 Å². The topological polar surface area (TPSA) is 38.7 Å². The summed E-state index contributed by atoms with van der Waals surface area (Å²) in [5, 5.41) is 10.3. The van der Waals surface area contributed by atoms with Gasteiger partial charge in [-0.25, -0.2) is 0 Å². The van der Waals surface area contributed by atoms with E-state index in [1.165, 1.54) is 44.9 Å². The number of aliphatic hydroxyl groups is 1. The first-order chi connectivity index (χ1) is 14.3. The number of rotatable bonds is 0. The van der Waals surface area contributed by atoms with E-state index in [2.05, 4.69) is 27.7 Å². The molecule has 0 bridgehead atoms. The first kappa shape index (κ1) is 20.5. The first-order valence-corrected chi connectivity index (χ1v) is 13.3. The van der Waals surface area contributed by atoms with E-state index >= 15 is 0 Å². The molecule has 30 heavy (non-hydrogen) atoms. The van der Waals surface area contributed by atoms with Crippen molar-refractivity contribution in [2.24, 2.45) is 52.3 Å². The standard InChI is InChI=1S/C27H44O3/c1-16-7-12-27(29-15-16)17(2)24-23(30-27)14-22-20-6-5-18-13-19(28)8-10-25(18,3)21(20)9-11-26(22,24)4/h16-24,28H,5-15H2,1-4H3/t16-,17-,18+,19-,20-,21+,22+,23+,24+,25+,26-,27-/m0/s1. The maximum atomic E-state index is 10.3. The summed E-state index contributed by atoms with van der Waals surface area (Å²) in [4.78, 5) is 0. The lowest BCUT2D eigenvalue weighted by Crippen LogP contribution is -2.55. The number of fused-ring (bicyclic) bond motifs is 7. The zero-order valence-corrected chi connectivity index (χ0v) is 19.7. The lowest BCUT2D eigenvalue weighted by molar-refractivity contribution is -0.273. The molecule has 0 aromatic rings. The quantitative estimate of drug-likeness (QED) is 0.543. The van der Waals surface area contributed by atoms with Gasteiger partial charge >= 0.3 is 0 Å². The summed E-state index contributed by atoms with van der Waals surface area (Å²) in [5.41, 5.74) is 0.899. The van der Waals surface area contributed by atoms with Crippen LogP contribution < -0.4 is 0 Å². The van der Waals surface area contributed by atoms with E-state index in [0.29, 0.717) is 34.7 Å². The largest absolute Gasteiger partial charge is 0.393 e. The van der Waals surface area contributed by atoms with Crippen LogP contribution in [0.2, 0.25) is 0 Å². The maximum Gasteiger partial charge on any atom is 0.171 e. The van der Waals surface area contributed by atoms with Gasteiger partial charge in [0.05, 0.1) is 18.8 Å². The fourth-order valence-corrected chi connectivity index (χ4v) is 10.3. The van der Waals surface area contributed by atoms with Crippen molar-refractivity contribution in [3.8, 4) is 0 Å². The molecule has 12 atom stereocenters. The van der Waals surface area contributed by atoms with Gasteiger partial charge in [-0.3, -0.25) is 0 Å². The highest BCUT2D eigenvalue weighted by Crippen LogP contribution is 2.71. The fraction of sp³-hybridized carbons (Fsp3) is 1.00. The van der Waals surface area contributed by atoms with E-state index in [9.17, 15) is 5.11 Å². The predicted molar refractivity (Wildman–Crippen MR) is 118 cm³/mol. The molecule has 1 N–H and O–H groups in total. The van der Waals surface area contributed by atoms with Crippen LogP contribution in [-0.4, -0.2) is 29.7 Å². The van der Waals surface area contributed by atoms with Crippen LogP contribution >= 0.6 is 0 Å². The van der Waals surface area contributed by atoms with Crippen LogP contribution in [0.5, 0.6) is 0 Å². The third kappa shape index (κ3) is 2.61. The van der Waals surface area contributed by atoms with Crippen molar-refractivity contribution >= 4 is 0 Å². The number of hydrogen-bond acceptors (Lipinski definition) is 3. The highest BCUT2D eigenvalue weighted by Gasteiger charge is 2.69. The van der Waals surface area contributed by atoms with Crippen molar-refractivity contribution in [1.82, 2.24) is 0 Å². The molecule has 0 aromatic heterocycles. The monoisotopic (exact) mass is 416 g/mol. The lowest BCUT2D eigenvalue weighted by Gasteiger charge is -2.61. The Labute approximate surface area is 183 Å². The summed E-state index contributed by atoms with van der Waals surface area (Å²) >= 11 is 0. The van der Waals surface area contributed by atoms with Gasteiger partial charge in [-0.05, 0) is 104 Å². The fourth-order valence-electron chi connectivity index (χ4n) is 10.3. The van der Waals surface area contributed by atoms with Crippen molar-refractivity contribution in [3.63, 3.8) is 0 Å². The molecular weight excluding hydrogens is 372 g/mol. The molecule has 6 aliphatic rings. The lowest BCUT2D eigenvalue weighted by atomic mass is 9.44. The van der Waals surface area contributed by atoms with Crippen LogP contribution in [0.25, 0.3) is 0 Å². The highest BCUT2D eigenvalue weighted by molar-refractivity contribution is 5.15. The molecule has 2 aliphatic heterocycles. The summed E-state index contributed by atoms with van der Waals surface area (Å²) in [5.74, 6) is 4.93. The Kier molecular flexibility index (Phi) is 4.58. The first-order valence-electron chi connectivity index (χ1n) is 13.3. The normalized spacial score (nSPS) is 62.5. The van der Waals surface area contributed by atoms with E-state index in [1.54, 1.807) is 0 Å². The average molecular weight is 417 g/mol. The highest BCUT2D eigenvalue weighted by atomic mass is 16.7. The molecule has 0 aromatic carbocycles. The number of aliphatic hydroxyl groups excluding tert-OH is 1. The van der Waals surface area contributed by atoms with E-state index in [1.807, 2.05) is 0 Å². The van der Waals surface area contributed by atoms with Crippen LogP contribution in [0, 0.1) is 52.3 Å². The van der Waals surface area contributed by atoms with Gasteiger partial charge in [0.15, 0.2) is 5.79 Å². The Morgan fingerprint density at radius 3 is 2.40 bits per heavy atom. The Balaban J connectivity index is 1.26. The minimum absolute atomic E-state index is 0.0389. The molecule has 3 heteroatoms. The molecule has 6 rings (SSSR count). The molecule has 4 aliphatic carbocycles. The van der Waals surface area contributed by atoms with Crippen LogP contribution in [0.1, 0.15) is 91.9 Å². The van der Waals surface area contributed by atoms with E-state index < -0.39 is 0 Å². The van der Waals surface area contributed by atoms with Gasteiger partial charge in [0.2, 0.25) is 0 Å². The zero-order chi connectivity index (χ0) is 20.9. The Hall–Kier alpha value is -0.120. The van der Waals surface area contributed by atoms with E-state index in [4.69, 9.17) is 9.47 Å². The summed E-state index contributed by atoms with van der Waals surface area (Å²) in [7, 11) is 0. The molecule has 0 radical (unpaired) electrons. The van der Waals surface area contributed by atoms with E-state index in [0.717, 1.165) is 49.5 Å². The minimum Gasteiger partial charge on any atom is -0.393 e. The van der Waals surface area contributed by atoms with Gasteiger partial charge in [0.25, 0.3) is 0 Å². The molecule has 6 fully saturated rings. The van der Waals surface area contributed by atoms with Crippen molar-refractivity contribution in [3.05, 3.63) is 0 Å². The maximum absolute atomic E-state index is 10.3. The number of ether oxygens (including phenoxy) is 2. The Morgan fingerprint density at radius 1 is 0.833 bits per heavy atom. The predicted octanol–water partition coefficient (Wildman–Crippen LogP) is 5.79. The summed E-state index contributed by atoms with van der Waals surface area (Å²) in [6.45, 7) is 10.9. The zero-order valence-electron chi connectivity index (χ0n) is 19.7. The second-order valence-corrected chi connectivity index (χ2v) is 13.1. The smallest absolute Gasteiger partial charge is 0.171 e. The second-order valence-electron chi connectivity index (χ2n) is 13.1. The van der Waals surface area contributed by atoms with E-state index in [-0.39, 0.29) is 11.9 Å². The molecule has 1 spiro atoms. The van der Waals surface area contributed by atoms with Gasteiger partial charge in [0, 0.05) is 12.3 Å². The molecule has 170 valence electrons. The second kappa shape index (κ2) is 6.70. The molecule has 0 amide bonds. The number of hydrogen-bond donors (Lipinski definition) is 1. The third-order valence-corrected chi connectivity index (χ3v) is 11.9. The van der Waals surface area contributed by atoms with Crippen molar-refractivity contribution < 1.29 is 14.6 Å². The molecule has 2 saturated heterocycles. The van der Waals surface area contributed by atoms with Crippen molar-refractivity contribution in [1.29, 1.82) is 0 Å². The van der Waals surface area contributed by atoms with Crippen LogP contribution in [0.4, 0.5) is 0 Å². The van der Waals surface area contributed by atoms with Crippen LogP contribution in [-0.2, 0) is 9.47 Å². The van der Waals surface area contributed by atoms with Gasteiger partial charge in [-0.2, -0.15) is 0 Å². The molecule has 0 unspecified atom stereocenters. The SMILES string of the molecule is C[C@H]1CC[C@]2(OC1)O[C@@H]1C[C@@H]3[C@H]4CC[C@@H]5C[C@@H](O)CC[C@@]5(C)[C@@H]4CC[C@]3(C)[C@@H]1[C@@H]2C. The summed E-state index contributed by atoms with van der Waals surface area (Å²) in [6.07, 6.45) is 12.9. The minimum atomic E-state index is -0.282. The van der Waals surface area contributed by atoms with Gasteiger partial charge < -0.3 is 14.6 Å². The Morgan fingerprint density at radius 2 is 1.63 bits per heavy atom.